The van der Waals surface area contributed by atoms with Gasteiger partial charge in [-0.05, 0) is 43.9 Å². The van der Waals surface area contributed by atoms with Crippen molar-refractivity contribution in [3.8, 4) is 5.75 Å². The molecule has 2 aliphatic heterocycles. The highest BCUT2D eigenvalue weighted by molar-refractivity contribution is 7.19. The Hall–Kier alpha value is -2.68. The number of hydrogen-bond acceptors (Lipinski definition) is 7. The van der Waals surface area contributed by atoms with Crippen molar-refractivity contribution in [1.29, 1.82) is 0 Å². The van der Waals surface area contributed by atoms with E-state index in [4.69, 9.17) is 4.74 Å². The van der Waals surface area contributed by atoms with Gasteiger partial charge in [-0.25, -0.2) is 0 Å². The lowest BCUT2D eigenvalue weighted by Gasteiger charge is -2.31. The number of piperidine rings is 1. The van der Waals surface area contributed by atoms with E-state index in [-0.39, 0.29) is 17.7 Å². The lowest BCUT2D eigenvalue weighted by molar-refractivity contribution is -0.125. The van der Waals surface area contributed by atoms with Crippen LogP contribution in [0.5, 0.6) is 5.75 Å². The van der Waals surface area contributed by atoms with E-state index in [1.54, 1.807) is 4.90 Å². The van der Waals surface area contributed by atoms with Crippen molar-refractivity contribution in [1.82, 2.24) is 15.5 Å². The molecule has 2 aromatic rings. The van der Waals surface area contributed by atoms with E-state index in [0.29, 0.717) is 37.8 Å². The molecule has 0 spiro atoms. The monoisotopic (exact) mass is 429 g/mol. The van der Waals surface area contributed by atoms with Gasteiger partial charge in [0, 0.05) is 32.6 Å². The van der Waals surface area contributed by atoms with Crippen LogP contribution < -0.4 is 19.9 Å². The summed E-state index contributed by atoms with van der Waals surface area (Å²) in [6.45, 7) is 5.28. The number of nitrogens with one attached hydrogen (secondary N) is 1. The largest absolute Gasteiger partial charge is 0.494 e. The van der Waals surface area contributed by atoms with Gasteiger partial charge in [0.2, 0.25) is 22.1 Å². The van der Waals surface area contributed by atoms with Gasteiger partial charge in [0.15, 0.2) is 0 Å². The normalized spacial score (nSPS) is 19.2. The van der Waals surface area contributed by atoms with Crippen LogP contribution in [0.25, 0.3) is 0 Å². The molecule has 160 valence electrons. The fourth-order valence-corrected chi connectivity index (χ4v) is 4.79. The SMILES string of the molecule is CCOc1ccc(CNC(=O)[C@H]2CCCN(c3nnc(N4CCCC4=O)s3)C2)cc1. The molecule has 0 unspecified atom stereocenters. The maximum atomic E-state index is 12.7. The fourth-order valence-electron chi connectivity index (χ4n) is 3.86. The first kappa shape index (κ1) is 20.6. The molecule has 9 heteroatoms. The van der Waals surface area contributed by atoms with Crippen LogP contribution in [-0.2, 0) is 16.1 Å². The standard InChI is InChI=1S/C21H27N5O3S/c1-2-29-17-9-7-15(8-10-17)13-22-19(28)16-5-3-11-25(14-16)20-23-24-21(30-20)26-12-4-6-18(26)27/h7-10,16H,2-6,11-14H2,1H3,(H,22,28)/t16-/m0/s1. The van der Waals surface area contributed by atoms with Gasteiger partial charge in [-0.2, -0.15) is 0 Å². The quantitative estimate of drug-likeness (QED) is 0.728. The van der Waals surface area contributed by atoms with Crippen molar-refractivity contribution in [3.05, 3.63) is 29.8 Å². The highest BCUT2D eigenvalue weighted by Gasteiger charge is 2.30. The average molecular weight is 430 g/mol. The summed E-state index contributed by atoms with van der Waals surface area (Å²) in [6, 6.07) is 7.79. The number of anilines is 2. The molecular weight excluding hydrogens is 402 g/mol. The third kappa shape index (κ3) is 4.72. The number of nitrogens with zero attached hydrogens (tertiary/aromatic N) is 4. The van der Waals surface area contributed by atoms with Crippen LogP contribution in [0.4, 0.5) is 10.3 Å². The Morgan fingerprint density at radius 2 is 2.00 bits per heavy atom. The van der Waals surface area contributed by atoms with Crippen molar-refractivity contribution < 1.29 is 14.3 Å². The second-order valence-electron chi connectivity index (χ2n) is 7.60. The van der Waals surface area contributed by atoms with E-state index in [0.717, 1.165) is 42.3 Å². The first-order valence-corrected chi connectivity index (χ1v) is 11.3. The van der Waals surface area contributed by atoms with Gasteiger partial charge >= 0.3 is 0 Å². The summed E-state index contributed by atoms with van der Waals surface area (Å²) >= 11 is 1.43. The van der Waals surface area contributed by atoms with Crippen LogP contribution in [0.2, 0.25) is 0 Å². The minimum Gasteiger partial charge on any atom is -0.494 e. The molecule has 1 atom stereocenters. The molecule has 2 amide bonds. The molecule has 0 aliphatic carbocycles. The molecule has 1 aromatic carbocycles. The molecule has 0 saturated carbocycles. The van der Waals surface area contributed by atoms with Crippen LogP contribution in [0.1, 0.15) is 38.2 Å². The minimum atomic E-state index is -0.0813. The van der Waals surface area contributed by atoms with Crippen LogP contribution in [-0.4, -0.2) is 48.3 Å². The zero-order chi connectivity index (χ0) is 20.9. The molecule has 0 bridgehead atoms. The molecule has 30 heavy (non-hydrogen) atoms. The lowest BCUT2D eigenvalue weighted by atomic mass is 9.97. The molecule has 2 saturated heterocycles. The summed E-state index contributed by atoms with van der Waals surface area (Å²) < 4.78 is 5.45. The Morgan fingerprint density at radius 3 is 2.73 bits per heavy atom. The summed E-state index contributed by atoms with van der Waals surface area (Å²) in [5, 5.41) is 13.0. The van der Waals surface area contributed by atoms with Crippen molar-refractivity contribution in [2.24, 2.45) is 5.92 Å². The van der Waals surface area contributed by atoms with E-state index in [1.165, 1.54) is 11.3 Å². The van der Waals surface area contributed by atoms with Gasteiger partial charge in [-0.15, -0.1) is 10.2 Å². The van der Waals surface area contributed by atoms with Crippen LogP contribution in [0.3, 0.4) is 0 Å². The smallest absolute Gasteiger partial charge is 0.228 e. The highest BCUT2D eigenvalue weighted by Crippen LogP contribution is 2.32. The summed E-state index contributed by atoms with van der Waals surface area (Å²) in [7, 11) is 0. The average Bonchev–Trinajstić information content (AvgIpc) is 3.42. The van der Waals surface area contributed by atoms with E-state index < -0.39 is 0 Å². The van der Waals surface area contributed by atoms with Gasteiger partial charge in [0.25, 0.3) is 0 Å². The summed E-state index contributed by atoms with van der Waals surface area (Å²) in [5.41, 5.74) is 1.04. The zero-order valence-corrected chi connectivity index (χ0v) is 18.0. The molecule has 1 N–H and O–H groups in total. The summed E-state index contributed by atoms with van der Waals surface area (Å²) in [5.74, 6) is 0.931. The summed E-state index contributed by atoms with van der Waals surface area (Å²) in [4.78, 5) is 28.5. The van der Waals surface area contributed by atoms with E-state index in [1.807, 2.05) is 31.2 Å². The number of rotatable bonds is 7. The molecule has 1 aromatic heterocycles. The van der Waals surface area contributed by atoms with Gasteiger partial charge in [0.05, 0.1) is 12.5 Å². The first-order valence-electron chi connectivity index (χ1n) is 10.5. The van der Waals surface area contributed by atoms with Crippen LogP contribution in [0.15, 0.2) is 24.3 Å². The molecule has 8 nitrogen and oxygen atoms in total. The Balaban J connectivity index is 1.31. The number of hydrogen-bond donors (Lipinski definition) is 1. The maximum absolute atomic E-state index is 12.7. The van der Waals surface area contributed by atoms with Crippen molar-refractivity contribution in [2.45, 2.75) is 39.2 Å². The van der Waals surface area contributed by atoms with Gasteiger partial charge in [-0.3, -0.25) is 14.5 Å². The summed E-state index contributed by atoms with van der Waals surface area (Å²) in [6.07, 6.45) is 3.24. The van der Waals surface area contributed by atoms with Crippen molar-refractivity contribution in [3.63, 3.8) is 0 Å². The van der Waals surface area contributed by atoms with E-state index in [2.05, 4.69) is 20.4 Å². The second kappa shape index (κ2) is 9.42. The molecule has 2 aliphatic rings. The predicted octanol–water partition coefficient (Wildman–Crippen LogP) is 2.60. The minimum absolute atomic E-state index is 0.0630. The Bertz CT molecular complexity index is 885. The molecule has 3 heterocycles. The van der Waals surface area contributed by atoms with Crippen molar-refractivity contribution >= 4 is 33.4 Å². The van der Waals surface area contributed by atoms with Crippen LogP contribution >= 0.6 is 11.3 Å². The van der Waals surface area contributed by atoms with Gasteiger partial charge in [0.1, 0.15) is 5.75 Å². The third-order valence-corrected chi connectivity index (χ3v) is 6.48. The van der Waals surface area contributed by atoms with Crippen LogP contribution in [0, 0.1) is 5.92 Å². The Kier molecular flexibility index (Phi) is 6.47. The molecular formula is C21H27N5O3S. The van der Waals surface area contributed by atoms with Gasteiger partial charge < -0.3 is 15.0 Å². The second-order valence-corrected chi connectivity index (χ2v) is 8.53. The maximum Gasteiger partial charge on any atom is 0.228 e. The Labute approximate surface area is 180 Å². The lowest BCUT2D eigenvalue weighted by Crippen LogP contribution is -2.43. The third-order valence-electron chi connectivity index (χ3n) is 5.47. The Morgan fingerprint density at radius 1 is 1.20 bits per heavy atom. The van der Waals surface area contributed by atoms with Gasteiger partial charge in [-0.1, -0.05) is 23.5 Å². The number of benzene rings is 1. The molecule has 4 rings (SSSR count). The van der Waals surface area contributed by atoms with Crippen molar-refractivity contribution in [2.75, 3.05) is 36.0 Å². The predicted molar refractivity (Wildman–Crippen MR) is 116 cm³/mol. The topological polar surface area (TPSA) is 87.7 Å². The number of aromatic nitrogens is 2. The molecule has 0 radical (unpaired) electrons. The fraction of sp³-hybridized carbons (Fsp3) is 0.524. The number of ether oxygens (including phenoxy) is 1. The number of amides is 2. The number of carbonyl (C=O) groups is 2. The zero-order valence-electron chi connectivity index (χ0n) is 17.2. The molecule has 2 fully saturated rings. The number of carbonyl (C=O) groups excluding carboxylic acids is 2. The van der Waals surface area contributed by atoms with E-state index >= 15 is 0 Å². The van der Waals surface area contributed by atoms with E-state index in [9.17, 15) is 9.59 Å². The first-order chi connectivity index (χ1) is 14.6. The highest BCUT2D eigenvalue weighted by atomic mass is 32.1.